The SMILES string of the molecule is CC(C)C(C)C(=O)CC(C)(O)C1CCC2C3CC(OC4OC(C)C(O)C(OC5OCC(OC6OC(CO)C(O)C(O)C6OC6OC(C)C(O)C(OC7OC(CO)C(O)C(O)C7O)C6O)C(O)C5OC5OC(C)C(O)C(O)C5O)C4O)C4CC(OS(=O)(=O)[O-])CCC4(C)C3=CCC21C.[Na+]. The summed E-state index contributed by atoms with van der Waals surface area (Å²) in [6, 6.07) is 0. The van der Waals surface area contributed by atoms with E-state index < -0.39 is 243 Å². The Morgan fingerprint density at radius 1 is 0.582 bits per heavy atom. The predicted octanol–water partition coefficient (Wildman–Crippen LogP) is -7.95. The van der Waals surface area contributed by atoms with E-state index in [0.717, 1.165) is 5.57 Å². The molecule has 0 radical (unpaired) electrons. The Bertz CT molecular complexity index is 2790. The van der Waals surface area contributed by atoms with Crippen LogP contribution in [0.4, 0.5) is 0 Å². The number of hydrogen-bond acceptors (Lipinski definition) is 33. The summed E-state index contributed by atoms with van der Waals surface area (Å²) < 4.78 is 114. The van der Waals surface area contributed by atoms with Crippen LogP contribution in [0.1, 0.15) is 114 Å². The number of fused-ring (bicyclic) bond motifs is 5. The third kappa shape index (κ3) is 16.1. The fourth-order valence-corrected chi connectivity index (χ4v) is 17.7. The average Bonchev–Trinajstić information content (AvgIpc) is 1.35. The topological polar surface area (TPSA) is 518 Å². The molecular weight excluding hydrogens is 1340 g/mol. The van der Waals surface area contributed by atoms with Crippen molar-refractivity contribution in [2.45, 2.75) is 310 Å². The first kappa shape index (κ1) is 81.2. The Hall–Kier alpha value is -0.840. The van der Waals surface area contributed by atoms with E-state index in [1.54, 1.807) is 6.92 Å². The molecule has 6 saturated heterocycles. The van der Waals surface area contributed by atoms with Gasteiger partial charge in [-0.15, -0.1) is 0 Å². The van der Waals surface area contributed by atoms with Gasteiger partial charge in [0.1, 0.15) is 128 Å². The van der Waals surface area contributed by atoms with Crippen molar-refractivity contribution in [3.05, 3.63) is 11.6 Å². The van der Waals surface area contributed by atoms with Crippen molar-refractivity contribution < 1.29 is 190 Å². The molecule has 16 N–H and O–H groups in total. The largest absolute Gasteiger partial charge is 1.00 e. The van der Waals surface area contributed by atoms with E-state index in [0.29, 0.717) is 25.7 Å². The number of ketones is 1. The van der Waals surface area contributed by atoms with Gasteiger partial charge in [-0.1, -0.05) is 46.3 Å². The molecule has 0 aromatic carbocycles. The maximum atomic E-state index is 13.6. The summed E-state index contributed by atoms with van der Waals surface area (Å²) in [6.07, 6.45) is -49.4. The van der Waals surface area contributed by atoms with Gasteiger partial charge in [0, 0.05) is 12.3 Å². The van der Waals surface area contributed by atoms with E-state index in [2.05, 4.69) is 13.0 Å². The summed E-state index contributed by atoms with van der Waals surface area (Å²) >= 11 is 0. The first-order valence-electron chi connectivity index (χ1n) is 33.8. The first-order valence-corrected chi connectivity index (χ1v) is 35.2. The minimum atomic E-state index is -5.17. The number of Topliss-reactive ketones (excluding diaryl/α,β-unsaturated/α-hetero) is 1. The number of ether oxygens (including phenoxy) is 12. The average molecular weight is 1440 g/mol. The monoisotopic (exact) mass is 1440 g/mol. The zero-order valence-corrected chi connectivity index (χ0v) is 59.5. The smallest absolute Gasteiger partial charge is 0.726 e. The van der Waals surface area contributed by atoms with E-state index in [4.69, 9.17) is 61.0 Å². The predicted molar refractivity (Wildman–Crippen MR) is 321 cm³/mol. The van der Waals surface area contributed by atoms with Crippen LogP contribution in [0, 0.1) is 46.3 Å². The van der Waals surface area contributed by atoms with E-state index in [-0.39, 0.29) is 90.6 Å². The van der Waals surface area contributed by atoms with Gasteiger partial charge in [-0.25, -0.2) is 8.42 Å². The third-order valence-electron chi connectivity index (χ3n) is 23.3. The zero-order valence-electron chi connectivity index (χ0n) is 56.7. The Labute approximate surface area is 590 Å². The van der Waals surface area contributed by atoms with E-state index in [1.165, 1.54) is 20.8 Å². The van der Waals surface area contributed by atoms with E-state index in [9.17, 15) is 99.5 Å². The van der Waals surface area contributed by atoms with Crippen LogP contribution >= 0.6 is 0 Å². The van der Waals surface area contributed by atoms with Crippen molar-refractivity contribution in [1.82, 2.24) is 0 Å². The molecule has 9 fully saturated rings. The second-order valence-corrected chi connectivity index (χ2v) is 30.8. The van der Waals surface area contributed by atoms with Crippen LogP contribution in [0.15, 0.2) is 11.6 Å². The third-order valence-corrected chi connectivity index (χ3v) is 23.8. The molecule has 0 aromatic heterocycles. The van der Waals surface area contributed by atoms with Gasteiger partial charge in [0.05, 0.1) is 55.9 Å². The number of hydrogen-bond donors (Lipinski definition) is 16. The zero-order chi connectivity index (χ0) is 71.2. The van der Waals surface area contributed by atoms with Crippen LogP contribution in [0.25, 0.3) is 0 Å². The molecule has 0 bridgehead atoms. The molecule has 35 heteroatoms. The molecule has 33 nitrogen and oxygen atoms in total. The van der Waals surface area contributed by atoms with Crippen molar-refractivity contribution in [2.24, 2.45) is 46.3 Å². The molecule has 6 heterocycles. The van der Waals surface area contributed by atoms with Gasteiger partial charge in [0.2, 0.25) is 10.4 Å². The molecule has 10 aliphatic rings. The second-order valence-electron chi connectivity index (χ2n) is 29.8. The Morgan fingerprint density at radius 3 is 1.62 bits per heavy atom. The van der Waals surface area contributed by atoms with Crippen molar-refractivity contribution in [3.63, 3.8) is 0 Å². The molecule has 10 rings (SSSR count). The molecule has 560 valence electrons. The Kier molecular flexibility index (Phi) is 26.5. The molecule has 0 spiro atoms. The molecule has 4 aliphatic carbocycles. The summed E-state index contributed by atoms with van der Waals surface area (Å²) in [5.41, 5.74) is -1.45. The Morgan fingerprint density at radius 2 is 1.06 bits per heavy atom. The molecule has 98 heavy (non-hydrogen) atoms. The number of carbonyl (C=O) groups excluding carboxylic acids is 1. The van der Waals surface area contributed by atoms with Crippen LogP contribution in [-0.2, 0) is 76.2 Å². The molecule has 6 aliphatic heterocycles. The van der Waals surface area contributed by atoms with Crippen LogP contribution in [-0.4, -0.2) is 316 Å². The van der Waals surface area contributed by atoms with Crippen LogP contribution in [0.5, 0.6) is 0 Å². The fraction of sp³-hybridized carbons (Fsp3) is 0.952. The molecule has 39 unspecified atom stereocenters. The van der Waals surface area contributed by atoms with Crippen LogP contribution in [0.3, 0.4) is 0 Å². The summed E-state index contributed by atoms with van der Waals surface area (Å²) in [6.45, 7) is 13.3. The number of aliphatic hydroxyl groups is 16. The van der Waals surface area contributed by atoms with Gasteiger partial charge in [-0.2, -0.15) is 0 Å². The van der Waals surface area contributed by atoms with Crippen molar-refractivity contribution in [3.8, 4) is 0 Å². The maximum absolute atomic E-state index is 13.6. The van der Waals surface area contributed by atoms with Gasteiger partial charge in [0.25, 0.3) is 0 Å². The summed E-state index contributed by atoms with van der Waals surface area (Å²) in [5.74, 6) is -1.34. The molecular formula is C63H103NaO33S. The Balaban J connectivity index is 0.0000112. The van der Waals surface area contributed by atoms with E-state index in [1.807, 2.05) is 27.7 Å². The number of allylic oxidation sites excluding steroid dienone is 2. The van der Waals surface area contributed by atoms with Gasteiger partial charge in [-0.05, 0) is 113 Å². The molecule has 0 aromatic rings. The normalized spacial score (nSPS) is 51.0. The molecule has 3 saturated carbocycles. The standard InChI is InChI=1S/C63H104O33S.Na/c1-22(2)23(3)32(66)18-63(9,80)37-11-10-29-28-17-33(31-16-27(96-97(81,82)83)12-14-61(31,7)30(28)13-15-62(29,37)8)88-57-49(78)52(40(69)25(5)86-57)93-59-53(94-55-47(76)44(73)38(67)24(4)85-55)43(72)36(21-84-59)91-60-54(46(75)42(71)35(20-65)90-60)95-58-50(79)51(39(68)26(6)87-58)92-56-48(77)45(74)41(70)34(19-64)89-56;/h13,22-29,31,33-60,64-65,67-80H,10-12,14-21H2,1-9H3,(H,81,82,83);/q;+1/p-1. The quantitative estimate of drug-likeness (QED) is 0.0220. The van der Waals surface area contributed by atoms with Gasteiger partial charge in [-0.3, -0.25) is 8.98 Å². The molecule has 39 atom stereocenters. The minimum Gasteiger partial charge on any atom is -0.726 e. The van der Waals surface area contributed by atoms with Crippen LogP contribution in [0.2, 0.25) is 0 Å². The van der Waals surface area contributed by atoms with E-state index >= 15 is 0 Å². The van der Waals surface area contributed by atoms with Crippen molar-refractivity contribution in [1.29, 1.82) is 0 Å². The van der Waals surface area contributed by atoms with Gasteiger partial charge >= 0.3 is 29.6 Å². The number of carbonyl (C=O) groups is 1. The van der Waals surface area contributed by atoms with Gasteiger partial charge < -0.3 is 143 Å². The number of rotatable bonds is 21. The van der Waals surface area contributed by atoms with Crippen molar-refractivity contribution >= 4 is 16.2 Å². The van der Waals surface area contributed by atoms with Crippen molar-refractivity contribution in [2.75, 3.05) is 19.8 Å². The summed E-state index contributed by atoms with van der Waals surface area (Å²) in [5, 5.41) is 179. The molecule has 0 amide bonds. The second kappa shape index (κ2) is 31.9. The summed E-state index contributed by atoms with van der Waals surface area (Å²) in [4.78, 5) is 13.6. The first-order chi connectivity index (χ1) is 45.3. The van der Waals surface area contributed by atoms with Gasteiger partial charge in [0.15, 0.2) is 37.7 Å². The fourth-order valence-electron chi connectivity index (χ4n) is 17.2. The summed E-state index contributed by atoms with van der Waals surface area (Å²) in [7, 11) is -5.17. The number of aliphatic hydroxyl groups excluding tert-OH is 15. The minimum absolute atomic E-state index is 0. The van der Waals surface area contributed by atoms with Crippen LogP contribution < -0.4 is 29.6 Å². The maximum Gasteiger partial charge on any atom is 1.00 e.